The summed E-state index contributed by atoms with van der Waals surface area (Å²) < 4.78 is 25.3. The number of hydrogen-bond acceptors (Lipinski definition) is 5. The van der Waals surface area contributed by atoms with Crippen LogP contribution < -0.4 is 14.8 Å². The van der Waals surface area contributed by atoms with Gasteiger partial charge in [0, 0.05) is 28.6 Å². The molecule has 7 heteroatoms. The van der Waals surface area contributed by atoms with Crippen LogP contribution in [0.5, 0.6) is 11.5 Å². The van der Waals surface area contributed by atoms with Crippen LogP contribution in [0.4, 0.5) is 10.2 Å². The fourth-order valence-corrected chi connectivity index (χ4v) is 2.84. The Kier molecular flexibility index (Phi) is 5.73. The summed E-state index contributed by atoms with van der Waals surface area (Å²) in [6.45, 7) is 5.04. The minimum atomic E-state index is -0.364. The van der Waals surface area contributed by atoms with Gasteiger partial charge < -0.3 is 14.8 Å². The highest BCUT2D eigenvalue weighted by Gasteiger charge is 2.13. The zero-order valence-electron chi connectivity index (χ0n) is 14.6. The Labute approximate surface area is 156 Å². The number of nitrogens with zero attached hydrogens (tertiary/aromatic N) is 2. The second-order valence-corrected chi connectivity index (χ2v) is 5.87. The van der Waals surface area contributed by atoms with E-state index in [-0.39, 0.29) is 12.4 Å². The summed E-state index contributed by atoms with van der Waals surface area (Å²) in [7, 11) is 0. The number of anilines is 1. The second-order valence-electron chi connectivity index (χ2n) is 5.46. The van der Waals surface area contributed by atoms with Crippen molar-refractivity contribution in [3.8, 4) is 11.5 Å². The van der Waals surface area contributed by atoms with E-state index < -0.39 is 0 Å². The average molecular weight is 376 g/mol. The SMILES string of the molecule is CCOc1cc2ncnc(NCc3c(F)cccc3Cl)c2cc1OCC. The number of nitrogens with one attached hydrogen (secondary N) is 1. The van der Waals surface area contributed by atoms with Gasteiger partial charge in [-0.15, -0.1) is 0 Å². The Morgan fingerprint density at radius 1 is 1.08 bits per heavy atom. The predicted octanol–water partition coefficient (Wildman–Crippen LogP) is 4.83. The number of hydrogen-bond donors (Lipinski definition) is 1. The molecule has 1 heterocycles. The molecule has 0 saturated carbocycles. The van der Waals surface area contributed by atoms with Gasteiger partial charge in [0.25, 0.3) is 0 Å². The lowest BCUT2D eigenvalue weighted by molar-refractivity contribution is 0.288. The van der Waals surface area contributed by atoms with Crippen molar-refractivity contribution in [1.29, 1.82) is 0 Å². The monoisotopic (exact) mass is 375 g/mol. The summed E-state index contributed by atoms with van der Waals surface area (Å²) in [6.07, 6.45) is 1.45. The Hall–Kier alpha value is -2.60. The topological polar surface area (TPSA) is 56.3 Å². The first-order valence-corrected chi connectivity index (χ1v) is 8.73. The molecule has 0 radical (unpaired) electrons. The normalized spacial score (nSPS) is 10.8. The van der Waals surface area contributed by atoms with Crippen molar-refractivity contribution in [2.45, 2.75) is 20.4 Å². The minimum Gasteiger partial charge on any atom is -0.490 e. The molecule has 0 fully saturated rings. The van der Waals surface area contributed by atoms with E-state index in [2.05, 4.69) is 15.3 Å². The lowest BCUT2D eigenvalue weighted by atomic mass is 10.2. The molecule has 26 heavy (non-hydrogen) atoms. The molecule has 0 atom stereocenters. The van der Waals surface area contributed by atoms with Gasteiger partial charge in [-0.25, -0.2) is 14.4 Å². The Balaban J connectivity index is 1.96. The highest BCUT2D eigenvalue weighted by atomic mass is 35.5. The average Bonchev–Trinajstić information content (AvgIpc) is 2.62. The van der Waals surface area contributed by atoms with Crippen LogP contribution in [0.1, 0.15) is 19.4 Å². The summed E-state index contributed by atoms with van der Waals surface area (Å²) in [6, 6.07) is 8.25. The zero-order chi connectivity index (χ0) is 18.5. The van der Waals surface area contributed by atoms with Gasteiger partial charge in [0.1, 0.15) is 18.0 Å². The number of halogens is 2. The first kappa shape index (κ1) is 18.2. The number of benzene rings is 2. The third-order valence-electron chi connectivity index (χ3n) is 3.79. The van der Waals surface area contributed by atoms with Crippen LogP contribution in [0.15, 0.2) is 36.7 Å². The molecule has 0 aliphatic heterocycles. The molecule has 1 N–H and O–H groups in total. The molecular weight excluding hydrogens is 357 g/mol. The molecule has 0 amide bonds. The van der Waals surface area contributed by atoms with Gasteiger partial charge in [-0.05, 0) is 32.0 Å². The largest absolute Gasteiger partial charge is 0.490 e. The third-order valence-corrected chi connectivity index (χ3v) is 4.15. The Morgan fingerprint density at radius 2 is 1.81 bits per heavy atom. The van der Waals surface area contributed by atoms with Gasteiger partial charge in [-0.1, -0.05) is 17.7 Å². The lowest BCUT2D eigenvalue weighted by Crippen LogP contribution is -2.06. The molecule has 0 saturated heterocycles. The number of ether oxygens (including phenoxy) is 2. The van der Waals surface area contributed by atoms with E-state index in [1.165, 1.54) is 12.4 Å². The van der Waals surface area contributed by atoms with E-state index in [0.717, 1.165) is 5.39 Å². The molecule has 2 aromatic carbocycles. The van der Waals surface area contributed by atoms with Gasteiger partial charge in [-0.2, -0.15) is 0 Å². The summed E-state index contributed by atoms with van der Waals surface area (Å²) in [5.74, 6) is 1.45. The van der Waals surface area contributed by atoms with Crippen molar-refractivity contribution < 1.29 is 13.9 Å². The van der Waals surface area contributed by atoms with Crippen LogP contribution in [0.2, 0.25) is 5.02 Å². The van der Waals surface area contributed by atoms with Crippen LogP contribution in [0.3, 0.4) is 0 Å². The molecular formula is C19H19ClFN3O2. The van der Waals surface area contributed by atoms with Crippen molar-refractivity contribution in [3.63, 3.8) is 0 Å². The van der Waals surface area contributed by atoms with Crippen molar-refractivity contribution in [2.24, 2.45) is 0 Å². The summed E-state index contributed by atoms with van der Waals surface area (Å²) in [5, 5.41) is 4.26. The maximum Gasteiger partial charge on any atom is 0.163 e. The standard InChI is InChI=1S/C19H19ClFN3O2/c1-3-25-17-8-12-16(9-18(17)26-4-2)23-11-24-19(12)22-10-13-14(20)6-5-7-15(13)21/h5-9,11H,3-4,10H2,1-2H3,(H,22,23,24). The van der Waals surface area contributed by atoms with Crippen LogP contribution in [0, 0.1) is 5.82 Å². The smallest absolute Gasteiger partial charge is 0.163 e. The lowest BCUT2D eigenvalue weighted by Gasteiger charge is -2.14. The fourth-order valence-electron chi connectivity index (χ4n) is 2.61. The highest BCUT2D eigenvalue weighted by molar-refractivity contribution is 6.31. The maximum absolute atomic E-state index is 14.0. The van der Waals surface area contributed by atoms with E-state index in [0.29, 0.717) is 46.6 Å². The molecule has 0 aliphatic carbocycles. The third kappa shape index (κ3) is 3.80. The quantitative estimate of drug-likeness (QED) is 0.640. The number of aromatic nitrogens is 2. The summed E-state index contributed by atoms with van der Waals surface area (Å²) in [4.78, 5) is 8.56. The number of fused-ring (bicyclic) bond motifs is 1. The van der Waals surface area contributed by atoms with Crippen molar-refractivity contribution in [3.05, 3.63) is 53.1 Å². The number of rotatable bonds is 7. The van der Waals surface area contributed by atoms with Crippen LogP contribution >= 0.6 is 11.6 Å². The molecule has 136 valence electrons. The second kappa shape index (κ2) is 8.19. The maximum atomic E-state index is 14.0. The first-order valence-electron chi connectivity index (χ1n) is 8.35. The molecule has 0 spiro atoms. The van der Waals surface area contributed by atoms with Gasteiger partial charge in [-0.3, -0.25) is 0 Å². The van der Waals surface area contributed by atoms with Gasteiger partial charge >= 0.3 is 0 Å². The zero-order valence-corrected chi connectivity index (χ0v) is 15.3. The highest BCUT2D eigenvalue weighted by Crippen LogP contribution is 2.34. The molecule has 0 unspecified atom stereocenters. The van der Waals surface area contributed by atoms with E-state index in [1.54, 1.807) is 12.1 Å². The van der Waals surface area contributed by atoms with Crippen molar-refractivity contribution in [1.82, 2.24) is 9.97 Å². The van der Waals surface area contributed by atoms with Crippen molar-refractivity contribution in [2.75, 3.05) is 18.5 Å². The molecule has 3 aromatic rings. The van der Waals surface area contributed by atoms with E-state index in [4.69, 9.17) is 21.1 Å². The van der Waals surface area contributed by atoms with Gasteiger partial charge in [0.2, 0.25) is 0 Å². The molecule has 1 aromatic heterocycles. The van der Waals surface area contributed by atoms with Crippen LogP contribution in [-0.4, -0.2) is 23.2 Å². The predicted molar refractivity (Wildman–Crippen MR) is 101 cm³/mol. The van der Waals surface area contributed by atoms with Gasteiger partial charge in [0.15, 0.2) is 11.5 Å². The molecule has 5 nitrogen and oxygen atoms in total. The van der Waals surface area contributed by atoms with Gasteiger partial charge in [0.05, 0.1) is 18.7 Å². The van der Waals surface area contributed by atoms with Crippen LogP contribution in [0.25, 0.3) is 10.9 Å². The molecule has 0 aliphatic rings. The van der Waals surface area contributed by atoms with E-state index >= 15 is 0 Å². The summed E-state index contributed by atoms with van der Waals surface area (Å²) >= 11 is 6.09. The Bertz CT molecular complexity index is 900. The minimum absolute atomic E-state index is 0.203. The van der Waals surface area contributed by atoms with E-state index in [1.807, 2.05) is 26.0 Å². The molecule has 0 bridgehead atoms. The van der Waals surface area contributed by atoms with E-state index in [9.17, 15) is 4.39 Å². The molecule has 3 rings (SSSR count). The summed E-state index contributed by atoms with van der Waals surface area (Å²) in [5.41, 5.74) is 1.09. The van der Waals surface area contributed by atoms with Crippen molar-refractivity contribution >= 4 is 28.3 Å². The Morgan fingerprint density at radius 3 is 2.50 bits per heavy atom. The fraction of sp³-hybridized carbons (Fsp3) is 0.263. The first-order chi connectivity index (χ1) is 12.6. The van der Waals surface area contributed by atoms with Crippen LogP contribution in [-0.2, 0) is 6.54 Å².